The molecule has 2 aliphatic rings. The van der Waals surface area contributed by atoms with Crippen LogP contribution >= 0.6 is 34.5 Å². The summed E-state index contributed by atoms with van der Waals surface area (Å²) in [5, 5.41) is 1.08. The Balaban J connectivity index is 1.30. The maximum absolute atomic E-state index is 14.1. The van der Waals surface area contributed by atoms with Crippen molar-refractivity contribution in [3.63, 3.8) is 0 Å². The molecule has 2 heterocycles. The first-order chi connectivity index (χ1) is 21.9. The molecular weight excluding hydrogens is 630 g/mol. The highest BCUT2D eigenvalue weighted by Crippen LogP contribution is 2.41. The maximum atomic E-state index is 14.1. The minimum atomic E-state index is -0.373. The van der Waals surface area contributed by atoms with Crippen LogP contribution in [-0.4, -0.2) is 11.2 Å². The van der Waals surface area contributed by atoms with Gasteiger partial charge in [0, 0.05) is 21.2 Å². The van der Waals surface area contributed by atoms with Gasteiger partial charge in [-0.05, 0) is 84.5 Å². The Morgan fingerprint density at radius 3 is 2.60 bits per heavy atom. The van der Waals surface area contributed by atoms with Crippen molar-refractivity contribution >= 4 is 46.3 Å². The van der Waals surface area contributed by atoms with Crippen molar-refractivity contribution < 1.29 is 13.9 Å². The van der Waals surface area contributed by atoms with Crippen LogP contribution in [0.3, 0.4) is 0 Å². The van der Waals surface area contributed by atoms with Crippen LogP contribution in [-0.2, 0) is 13.0 Å². The van der Waals surface area contributed by atoms with Crippen molar-refractivity contribution in [1.82, 2.24) is 4.57 Å². The third-order valence-electron chi connectivity index (χ3n) is 8.02. The number of benzene rings is 4. The number of rotatable bonds is 7. The Labute approximate surface area is 273 Å². The van der Waals surface area contributed by atoms with Gasteiger partial charge < -0.3 is 9.47 Å². The lowest BCUT2D eigenvalue weighted by Gasteiger charge is -2.30. The zero-order valence-corrected chi connectivity index (χ0v) is 26.6. The van der Waals surface area contributed by atoms with Gasteiger partial charge in [0.15, 0.2) is 16.3 Å². The summed E-state index contributed by atoms with van der Waals surface area (Å²) >= 11 is 13.7. The highest BCUT2D eigenvalue weighted by Gasteiger charge is 2.32. The molecule has 0 spiro atoms. The average Bonchev–Trinajstić information content (AvgIpc) is 3.35. The molecule has 1 aliphatic heterocycles. The van der Waals surface area contributed by atoms with E-state index in [1.54, 1.807) is 28.8 Å². The number of hydrogen-bond donors (Lipinski definition) is 0. The first-order valence-electron chi connectivity index (χ1n) is 14.6. The van der Waals surface area contributed by atoms with E-state index in [2.05, 4.69) is 12.1 Å². The van der Waals surface area contributed by atoms with Crippen molar-refractivity contribution in [2.24, 2.45) is 4.99 Å². The molecule has 0 fully saturated rings. The van der Waals surface area contributed by atoms with Gasteiger partial charge in [0.25, 0.3) is 5.56 Å². The van der Waals surface area contributed by atoms with Crippen molar-refractivity contribution in [2.75, 3.05) is 6.61 Å². The summed E-state index contributed by atoms with van der Waals surface area (Å²) in [6, 6.07) is 25.2. The lowest BCUT2D eigenvalue weighted by atomic mass is 9.83. The van der Waals surface area contributed by atoms with Crippen LogP contribution in [0.15, 0.2) is 100 Å². The molecular formula is C36H27Cl2FN2O3S. The molecule has 1 atom stereocenters. The van der Waals surface area contributed by atoms with E-state index >= 15 is 0 Å². The molecule has 4 aromatic carbocycles. The molecule has 0 bridgehead atoms. The van der Waals surface area contributed by atoms with Crippen molar-refractivity contribution in [1.29, 1.82) is 0 Å². The fraction of sp³-hybridized carbons (Fsp3) is 0.167. The quantitative estimate of drug-likeness (QED) is 0.180. The predicted octanol–water partition coefficient (Wildman–Crippen LogP) is 7.74. The van der Waals surface area contributed by atoms with Crippen molar-refractivity contribution in [3.05, 3.63) is 154 Å². The highest BCUT2D eigenvalue weighted by atomic mass is 35.5. The normalized spacial score (nSPS) is 15.6. The highest BCUT2D eigenvalue weighted by molar-refractivity contribution is 7.07. The van der Waals surface area contributed by atoms with Gasteiger partial charge in [0.05, 0.1) is 22.9 Å². The number of thiazole rings is 1. The first-order valence-corrected chi connectivity index (χ1v) is 16.2. The number of hydrogen-bond acceptors (Lipinski definition) is 5. The molecule has 45 heavy (non-hydrogen) atoms. The molecule has 5 aromatic rings. The van der Waals surface area contributed by atoms with Crippen LogP contribution in [0.25, 0.3) is 11.8 Å². The molecule has 226 valence electrons. The molecule has 5 nitrogen and oxygen atoms in total. The number of halogens is 3. The Morgan fingerprint density at radius 2 is 1.80 bits per heavy atom. The molecule has 0 radical (unpaired) electrons. The fourth-order valence-corrected chi connectivity index (χ4v) is 7.38. The van der Waals surface area contributed by atoms with Crippen LogP contribution in [0.5, 0.6) is 11.5 Å². The summed E-state index contributed by atoms with van der Waals surface area (Å²) in [6.07, 6.45) is 3.47. The average molecular weight is 658 g/mol. The second kappa shape index (κ2) is 12.3. The Bertz CT molecular complexity index is 2150. The van der Waals surface area contributed by atoms with E-state index in [0.29, 0.717) is 37.5 Å². The van der Waals surface area contributed by atoms with Gasteiger partial charge in [0.1, 0.15) is 12.4 Å². The number of allylic oxidation sites excluding steroid dienone is 1. The van der Waals surface area contributed by atoms with Gasteiger partial charge in [-0.1, -0.05) is 83.1 Å². The third kappa shape index (κ3) is 5.72. The fourth-order valence-electron chi connectivity index (χ4n) is 5.92. The summed E-state index contributed by atoms with van der Waals surface area (Å²) in [5.41, 5.74) is 6.59. The summed E-state index contributed by atoms with van der Waals surface area (Å²) in [4.78, 5) is 19.8. The van der Waals surface area contributed by atoms with Crippen LogP contribution < -0.4 is 24.4 Å². The van der Waals surface area contributed by atoms with Gasteiger partial charge in [-0.25, -0.2) is 9.38 Å². The Kier molecular flexibility index (Phi) is 8.08. The molecule has 7 rings (SSSR count). The van der Waals surface area contributed by atoms with E-state index in [1.165, 1.54) is 29.0 Å². The van der Waals surface area contributed by atoms with Gasteiger partial charge in [0.2, 0.25) is 0 Å². The zero-order chi connectivity index (χ0) is 31.1. The third-order valence-corrected chi connectivity index (χ3v) is 9.59. The topological polar surface area (TPSA) is 52.8 Å². The van der Waals surface area contributed by atoms with Gasteiger partial charge >= 0.3 is 0 Å². The molecule has 0 N–H and O–H groups in total. The van der Waals surface area contributed by atoms with Crippen molar-refractivity contribution in [2.45, 2.75) is 32.4 Å². The summed E-state index contributed by atoms with van der Waals surface area (Å²) in [7, 11) is 0. The van der Waals surface area contributed by atoms with Crippen LogP contribution in [0, 0.1) is 5.82 Å². The zero-order valence-electron chi connectivity index (χ0n) is 24.2. The van der Waals surface area contributed by atoms with Crippen molar-refractivity contribution in [3.8, 4) is 11.5 Å². The van der Waals surface area contributed by atoms with Gasteiger partial charge in [-0.15, -0.1) is 0 Å². The lowest BCUT2D eigenvalue weighted by Crippen LogP contribution is -2.38. The summed E-state index contributed by atoms with van der Waals surface area (Å²) in [6.45, 7) is 2.58. The second-order valence-electron chi connectivity index (χ2n) is 10.8. The largest absolute Gasteiger partial charge is 0.490 e. The monoisotopic (exact) mass is 656 g/mol. The number of ether oxygens (including phenoxy) is 2. The first kappa shape index (κ1) is 29.5. The SMILES string of the molecule is CCOc1cc(/C=c2/sc3n(c2=O)[C@H](c2ccc(F)cc2)C2=C(N=3)c3ccccc3CC2)ccc1OCc1ccc(Cl)cc1Cl. The summed E-state index contributed by atoms with van der Waals surface area (Å²) in [5.74, 6) is 0.799. The van der Waals surface area contributed by atoms with E-state index in [-0.39, 0.29) is 24.0 Å². The van der Waals surface area contributed by atoms with Gasteiger partial charge in [-0.2, -0.15) is 0 Å². The van der Waals surface area contributed by atoms with Crippen LogP contribution in [0.2, 0.25) is 10.0 Å². The van der Waals surface area contributed by atoms with Crippen LogP contribution in [0.4, 0.5) is 4.39 Å². The molecule has 0 saturated carbocycles. The predicted molar refractivity (Wildman–Crippen MR) is 178 cm³/mol. The van der Waals surface area contributed by atoms with E-state index in [4.69, 9.17) is 37.7 Å². The minimum absolute atomic E-state index is 0.144. The van der Waals surface area contributed by atoms with Gasteiger partial charge in [-0.3, -0.25) is 9.36 Å². The number of aryl methyl sites for hydroxylation is 1. The molecule has 0 unspecified atom stereocenters. The number of aromatic nitrogens is 1. The smallest absolute Gasteiger partial charge is 0.271 e. The van der Waals surface area contributed by atoms with E-state index < -0.39 is 0 Å². The molecule has 0 saturated heterocycles. The number of fused-ring (bicyclic) bond motifs is 3. The van der Waals surface area contributed by atoms with E-state index in [9.17, 15) is 9.18 Å². The van der Waals surface area contributed by atoms with E-state index in [1.807, 2.05) is 49.4 Å². The van der Waals surface area contributed by atoms with E-state index in [0.717, 1.165) is 46.4 Å². The Hall–Kier alpha value is -4.17. The molecule has 1 aromatic heterocycles. The van der Waals surface area contributed by atoms with Crippen LogP contribution in [0.1, 0.15) is 47.2 Å². The number of nitrogens with zero attached hydrogens (tertiary/aromatic N) is 2. The second-order valence-corrected chi connectivity index (χ2v) is 12.7. The standard InChI is InChI=1S/C36H27Cl2FN2O3S/c1-2-43-31-17-21(7-16-30(31)44-20-24-8-12-25(37)19-29(24)38)18-32-35(42)41-34(23-9-13-26(39)14-10-23)28-15-11-22-5-3-4-6-27(22)33(28)40-36(41)45-32/h3-10,12-14,16-19,34H,2,11,15,20H2,1H3/b32-18+/t34-/m1/s1. The molecule has 9 heteroatoms. The molecule has 1 aliphatic carbocycles. The minimum Gasteiger partial charge on any atom is -0.490 e. The summed E-state index contributed by atoms with van der Waals surface area (Å²) < 4.78 is 28.2. The maximum Gasteiger partial charge on any atom is 0.271 e. The Morgan fingerprint density at radius 1 is 0.978 bits per heavy atom. The lowest BCUT2D eigenvalue weighted by molar-refractivity contribution is 0.269. The molecule has 0 amide bonds.